The number of ketones is 1. The Hall–Kier alpha value is -4.65. The molecule has 0 aliphatic carbocycles. The molecular formula is C27H20N4O3. The summed E-state index contributed by atoms with van der Waals surface area (Å²) in [5, 5.41) is 13.1. The first-order valence-corrected chi connectivity index (χ1v) is 10.9. The number of rotatable bonds is 4. The van der Waals surface area contributed by atoms with Gasteiger partial charge in [0.05, 0.1) is 11.6 Å². The monoisotopic (exact) mass is 448 g/mol. The minimum absolute atomic E-state index is 0.0726. The predicted molar refractivity (Wildman–Crippen MR) is 129 cm³/mol. The standard InChI is InChI=1S/C27H20N4O3/c32-25(20-14-30-22-10-4-2-8-18(20)22)23-24(19-13-29-21-9-3-1-7-17(19)21)31(27(34)26(23)33)15-16-6-5-11-28-12-16/h1-14,24,29-30,32H,15H2/b25-23+. The number of carbonyl (C=O) groups excluding carboxylic acids is 2. The van der Waals surface area contributed by atoms with Crippen molar-refractivity contribution in [2.45, 2.75) is 12.6 Å². The summed E-state index contributed by atoms with van der Waals surface area (Å²) >= 11 is 0. The summed E-state index contributed by atoms with van der Waals surface area (Å²) < 4.78 is 0. The van der Waals surface area contributed by atoms with Crippen molar-refractivity contribution < 1.29 is 14.7 Å². The molecule has 6 rings (SSSR count). The number of hydrogen-bond donors (Lipinski definition) is 3. The maximum atomic E-state index is 13.4. The lowest BCUT2D eigenvalue weighted by Crippen LogP contribution is -2.29. The number of carbonyl (C=O) groups is 2. The van der Waals surface area contributed by atoms with Crippen LogP contribution < -0.4 is 0 Å². The van der Waals surface area contributed by atoms with Crippen molar-refractivity contribution in [2.24, 2.45) is 0 Å². The van der Waals surface area contributed by atoms with E-state index in [1.54, 1.807) is 30.9 Å². The number of aromatic amines is 2. The molecule has 2 aromatic carbocycles. The van der Waals surface area contributed by atoms with E-state index in [4.69, 9.17) is 0 Å². The predicted octanol–water partition coefficient (Wildman–Crippen LogP) is 4.67. The number of para-hydroxylation sites is 2. The quantitative estimate of drug-likeness (QED) is 0.211. The van der Waals surface area contributed by atoms with Gasteiger partial charge in [-0.05, 0) is 23.8 Å². The number of benzene rings is 2. The van der Waals surface area contributed by atoms with Gasteiger partial charge in [0.1, 0.15) is 5.76 Å². The number of H-pyrrole nitrogens is 2. The van der Waals surface area contributed by atoms with E-state index in [0.29, 0.717) is 5.56 Å². The van der Waals surface area contributed by atoms with E-state index in [1.807, 2.05) is 54.6 Å². The molecule has 1 atom stereocenters. The fourth-order valence-corrected chi connectivity index (χ4v) is 4.79. The second kappa shape index (κ2) is 7.74. The molecule has 0 saturated carbocycles. The lowest BCUT2D eigenvalue weighted by molar-refractivity contribution is -0.140. The fraction of sp³-hybridized carbons (Fsp3) is 0.0741. The Kier molecular flexibility index (Phi) is 4.55. The van der Waals surface area contributed by atoms with Crippen molar-refractivity contribution in [1.82, 2.24) is 19.9 Å². The first kappa shape index (κ1) is 20.0. The van der Waals surface area contributed by atoms with Gasteiger partial charge in [0.2, 0.25) is 0 Å². The van der Waals surface area contributed by atoms with Gasteiger partial charge in [-0.15, -0.1) is 0 Å². The number of amides is 1. The molecule has 1 unspecified atom stereocenters. The van der Waals surface area contributed by atoms with Crippen LogP contribution in [0.5, 0.6) is 0 Å². The van der Waals surface area contributed by atoms with Crippen molar-refractivity contribution in [2.75, 3.05) is 0 Å². The van der Waals surface area contributed by atoms with Crippen LogP contribution in [0.1, 0.15) is 22.7 Å². The van der Waals surface area contributed by atoms with Crippen molar-refractivity contribution in [1.29, 1.82) is 0 Å². The van der Waals surface area contributed by atoms with E-state index < -0.39 is 17.7 Å². The van der Waals surface area contributed by atoms with Crippen molar-refractivity contribution in [3.05, 3.63) is 108 Å². The first-order valence-electron chi connectivity index (χ1n) is 10.9. The van der Waals surface area contributed by atoms with Crippen LogP contribution in [0.2, 0.25) is 0 Å². The van der Waals surface area contributed by atoms with Crippen LogP contribution in [0, 0.1) is 0 Å². The van der Waals surface area contributed by atoms with E-state index in [9.17, 15) is 14.7 Å². The van der Waals surface area contributed by atoms with E-state index in [-0.39, 0.29) is 17.9 Å². The highest BCUT2D eigenvalue weighted by molar-refractivity contribution is 6.46. The van der Waals surface area contributed by atoms with Gasteiger partial charge < -0.3 is 20.0 Å². The molecule has 3 aromatic heterocycles. The molecule has 34 heavy (non-hydrogen) atoms. The Morgan fingerprint density at radius 2 is 1.62 bits per heavy atom. The summed E-state index contributed by atoms with van der Waals surface area (Å²) in [4.78, 5) is 38.7. The second-order valence-electron chi connectivity index (χ2n) is 8.33. The van der Waals surface area contributed by atoms with Crippen LogP contribution in [0.25, 0.3) is 27.6 Å². The number of nitrogens with zero attached hydrogens (tertiary/aromatic N) is 2. The third-order valence-corrected chi connectivity index (χ3v) is 6.38. The Labute approximate surface area is 194 Å². The van der Waals surface area contributed by atoms with Gasteiger partial charge >= 0.3 is 0 Å². The normalized spacial score (nSPS) is 17.8. The zero-order valence-corrected chi connectivity index (χ0v) is 18.0. The Morgan fingerprint density at radius 3 is 2.38 bits per heavy atom. The van der Waals surface area contributed by atoms with Gasteiger partial charge in [-0.25, -0.2) is 0 Å². The molecule has 0 radical (unpaired) electrons. The molecule has 0 bridgehead atoms. The Bertz CT molecular complexity index is 1600. The SMILES string of the molecule is O=C1C(=O)N(Cc2cccnc2)C(c2c[nH]c3ccccc23)/C1=C(\O)c1c[nH]c2ccccc12. The van der Waals surface area contributed by atoms with Crippen LogP contribution in [0.3, 0.4) is 0 Å². The van der Waals surface area contributed by atoms with Gasteiger partial charge in [0.25, 0.3) is 11.7 Å². The van der Waals surface area contributed by atoms with Crippen LogP contribution >= 0.6 is 0 Å². The average molecular weight is 448 g/mol. The van der Waals surface area contributed by atoms with Gasteiger partial charge in [-0.1, -0.05) is 42.5 Å². The number of aromatic nitrogens is 3. The van der Waals surface area contributed by atoms with Gasteiger partial charge in [-0.2, -0.15) is 0 Å². The highest BCUT2D eigenvalue weighted by Crippen LogP contribution is 2.43. The maximum absolute atomic E-state index is 13.4. The molecule has 1 aliphatic heterocycles. The van der Waals surface area contributed by atoms with Gasteiger partial charge in [-0.3, -0.25) is 14.6 Å². The number of aliphatic hydroxyl groups is 1. The van der Waals surface area contributed by atoms with Crippen LogP contribution in [0.15, 0.2) is 91.0 Å². The highest BCUT2D eigenvalue weighted by Gasteiger charge is 2.47. The topological polar surface area (TPSA) is 102 Å². The summed E-state index contributed by atoms with van der Waals surface area (Å²) in [6.45, 7) is 0.188. The van der Waals surface area contributed by atoms with Crippen molar-refractivity contribution >= 4 is 39.3 Å². The number of Topliss-reactive ketones (excluding diaryl/α,β-unsaturated/α-hetero) is 1. The Morgan fingerprint density at radius 1 is 0.912 bits per heavy atom. The van der Waals surface area contributed by atoms with Crippen LogP contribution in [0.4, 0.5) is 0 Å². The molecule has 1 aliphatic rings. The fourth-order valence-electron chi connectivity index (χ4n) is 4.79. The zero-order valence-electron chi connectivity index (χ0n) is 18.0. The summed E-state index contributed by atoms with van der Waals surface area (Å²) in [5.41, 5.74) is 3.82. The van der Waals surface area contributed by atoms with E-state index in [0.717, 1.165) is 32.9 Å². The zero-order chi connectivity index (χ0) is 23.2. The summed E-state index contributed by atoms with van der Waals surface area (Å²) in [6, 6.07) is 18.1. The number of nitrogens with one attached hydrogen (secondary N) is 2. The molecule has 166 valence electrons. The minimum atomic E-state index is -0.759. The minimum Gasteiger partial charge on any atom is -0.507 e. The number of aliphatic hydroxyl groups excluding tert-OH is 1. The summed E-state index contributed by atoms with van der Waals surface area (Å²) in [7, 11) is 0. The second-order valence-corrected chi connectivity index (χ2v) is 8.33. The van der Waals surface area contributed by atoms with E-state index >= 15 is 0 Å². The van der Waals surface area contributed by atoms with E-state index in [2.05, 4.69) is 15.0 Å². The molecule has 0 spiro atoms. The number of hydrogen-bond acceptors (Lipinski definition) is 4. The molecule has 1 saturated heterocycles. The smallest absolute Gasteiger partial charge is 0.295 e. The maximum Gasteiger partial charge on any atom is 0.295 e. The highest BCUT2D eigenvalue weighted by atomic mass is 16.3. The van der Waals surface area contributed by atoms with Gasteiger partial charge in [0, 0.05) is 64.3 Å². The molecule has 3 N–H and O–H groups in total. The molecular weight excluding hydrogens is 428 g/mol. The lowest BCUT2D eigenvalue weighted by Gasteiger charge is -2.24. The summed E-state index contributed by atoms with van der Waals surface area (Å²) in [5.74, 6) is -1.55. The van der Waals surface area contributed by atoms with Crippen LogP contribution in [-0.4, -0.2) is 36.6 Å². The molecule has 1 fully saturated rings. The molecule has 7 heteroatoms. The average Bonchev–Trinajstić information content (AvgIpc) is 3.55. The number of likely N-dealkylation sites (tertiary alicyclic amines) is 1. The third-order valence-electron chi connectivity index (χ3n) is 6.38. The molecule has 7 nitrogen and oxygen atoms in total. The third kappa shape index (κ3) is 3.02. The molecule has 5 aromatic rings. The summed E-state index contributed by atoms with van der Waals surface area (Å²) in [6.07, 6.45) is 6.80. The van der Waals surface area contributed by atoms with E-state index in [1.165, 1.54) is 4.90 Å². The molecule has 1 amide bonds. The lowest BCUT2D eigenvalue weighted by atomic mass is 9.94. The van der Waals surface area contributed by atoms with Crippen molar-refractivity contribution in [3.8, 4) is 0 Å². The Balaban J connectivity index is 1.58. The van der Waals surface area contributed by atoms with Crippen molar-refractivity contribution in [3.63, 3.8) is 0 Å². The largest absolute Gasteiger partial charge is 0.507 e. The first-order chi connectivity index (χ1) is 16.6. The van der Waals surface area contributed by atoms with Crippen LogP contribution in [-0.2, 0) is 16.1 Å². The number of fused-ring (bicyclic) bond motifs is 2. The van der Waals surface area contributed by atoms with Gasteiger partial charge in [0.15, 0.2) is 0 Å². The molecule has 4 heterocycles. The number of pyridine rings is 1.